The van der Waals surface area contributed by atoms with E-state index >= 15 is 0 Å². The van der Waals surface area contributed by atoms with E-state index in [4.69, 9.17) is 11.6 Å². The van der Waals surface area contributed by atoms with Gasteiger partial charge in [-0.05, 0) is 46.7 Å². The number of rotatable bonds is 1. The number of imide groups is 1. The zero-order valence-electron chi connectivity index (χ0n) is 11.7. The third-order valence-electron chi connectivity index (χ3n) is 3.94. The lowest BCUT2D eigenvalue weighted by atomic mass is 9.90. The van der Waals surface area contributed by atoms with Crippen LogP contribution < -0.4 is 5.32 Å². The van der Waals surface area contributed by atoms with Gasteiger partial charge in [-0.25, -0.2) is 4.39 Å². The van der Waals surface area contributed by atoms with Crippen LogP contribution in [0.1, 0.15) is 20.7 Å². The van der Waals surface area contributed by atoms with Crippen molar-refractivity contribution in [1.82, 2.24) is 5.32 Å². The largest absolute Gasteiger partial charge is 0.288 e. The summed E-state index contributed by atoms with van der Waals surface area (Å²) in [6, 6.07) is 12.7. The molecule has 23 heavy (non-hydrogen) atoms. The second-order valence-electron chi connectivity index (χ2n) is 5.33. The Morgan fingerprint density at radius 1 is 0.870 bits per heavy atom. The maximum absolute atomic E-state index is 13.2. The van der Waals surface area contributed by atoms with Gasteiger partial charge in [0, 0.05) is 10.6 Å². The minimum absolute atomic E-state index is 0.302. The van der Waals surface area contributed by atoms with Crippen molar-refractivity contribution in [2.24, 2.45) is 0 Å². The summed E-state index contributed by atoms with van der Waals surface area (Å²) >= 11 is 6.09. The number of fused-ring (bicyclic) bond motifs is 2. The Kier molecular flexibility index (Phi) is 2.96. The number of hydrogen-bond donors (Lipinski definition) is 1. The molecular formula is C18H9ClFNO2. The molecule has 1 aliphatic heterocycles. The average molecular weight is 326 g/mol. The van der Waals surface area contributed by atoms with Crippen LogP contribution in [0.3, 0.4) is 0 Å². The van der Waals surface area contributed by atoms with Crippen molar-refractivity contribution in [3.8, 4) is 11.1 Å². The Morgan fingerprint density at radius 2 is 1.61 bits per heavy atom. The van der Waals surface area contributed by atoms with E-state index in [1.54, 1.807) is 36.4 Å². The Bertz CT molecular complexity index is 996. The van der Waals surface area contributed by atoms with E-state index in [1.165, 1.54) is 12.1 Å². The lowest BCUT2D eigenvalue weighted by molar-refractivity contribution is 0.0880. The summed E-state index contributed by atoms with van der Waals surface area (Å²) in [5, 5.41) is 4.36. The van der Waals surface area contributed by atoms with Crippen LogP contribution in [-0.2, 0) is 0 Å². The normalized spacial score (nSPS) is 13.3. The molecule has 0 unspecified atom stereocenters. The van der Waals surface area contributed by atoms with E-state index in [-0.39, 0.29) is 5.82 Å². The molecule has 0 bridgehead atoms. The first-order valence-electron chi connectivity index (χ1n) is 6.92. The van der Waals surface area contributed by atoms with Crippen molar-refractivity contribution in [2.75, 3.05) is 0 Å². The number of carbonyl (C=O) groups is 2. The summed E-state index contributed by atoms with van der Waals surface area (Å²) < 4.78 is 13.2. The fourth-order valence-electron chi connectivity index (χ4n) is 2.93. The molecule has 0 fully saturated rings. The van der Waals surface area contributed by atoms with Gasteiger partial charge in [0.15, 0.2) is 0 Å². The second-order valence-corrected chi connectivity index (χ2v) is 5.77. The highest BCUT2D eigenvalue weighted by atomic mass is 35.5. The van der Waals surface area contributed by atoms with Gasteiger partial charge < -0.3 is 0 Å². The van der Waals surface area contributed by atoms with Crippen molar-refractivity contribution in [1.29, 1.82) is 0 Å². The molecule has 0 aromatic heterocycles. The Balaban J connectivity index is 2.17. The molecule has 1 heterocycles. The average Bonchev–Trinajstić information content (AvgIpc) is 2.81. The van der Waals surface area contributed by atoms with Crippen LogP contribution >= 0.6 is 11.6 Å². The third-order valence-corrected chi connectivity index (χ3v) is 4.17. The van der Waals surface area contributed by atoms with Gasteiger partial charge in [-0.15, -0.1) is 0 Å². The monoisotopic (exact) mass is 325 g/mol. The highest BCUT2D eigenvalue weighted by molar-refractivity contribution is 6.32. The van der Waals surface area contributed by atoms with Crippen LogP contribution in [0.5, 0.6) is 0 Å². The first-order chi connectivity index (χ1) is 11.0. The molecule has 0 radical (unpaired) electrons. The number of halogens is 2. The molecule has 3 aromatic rings. The van der Waals surface area contributed by atoms with Crippen LogP contribution in [0.4, 0.5) is 4.39 Å². The number of hydrogen-bond acceptors (Lipinski definition) is 2. The van der Waals surface area contributed by atoms with Crippen LogP contribution in [0.25, 0.3) is 21.9 Å². The van der Waals surface area contributed by atoms with Gasteiger partial charge in [0.25, 0.3) is 11.8 Å². The van der Waals surface area contributed by atoms with Crippen molar-refractivity contribution >= 4 is 34.2 Å². The molecule has 1 N–H and O–H groups in total. The molecule has 3 aromatic carbocycles. The van der Waals surface area contributed by atoms with Crippen molar-refractivity contribution < 1.29 is 14.0 Å². The predicted octanol–water partition coefficient (Wildman–Crippen LogP) is 4.18. The molecule has 0 saturated heterocycles. The van der Waals surface area contributed by atoms with Gasteiger partial charge in [-0.3, -0.25) is 14.9 Å². The molecule has 3 nitrogen and oxygen atoms in total. The first kappa shape index (κ1) is 13.9. The second kappa shape index (κ2) is 4.89. The molecule has 2 amide bonds. The molecule has 4 rings (SSSR count). The molecule has 5 heteroatoms. The standard InChI is InChI=1S/C18H9ClFNO2/c19-11-4-1-10-7-14-16(18(23)21-17(14)22)15(13(10)8-11)9-2-5-12(20)6-3-9/h1-8H,(H,21,22,23). The van der Waals surface area contributed by atoms with Crippen LogP contribution in [0, 0.1) is 5.82 Å². The van der Waals surface area contributed by atoms with Crippen molar-refractivity contribution in [2.45, 2.75) is 0 Å². The molecule has 0 atom stereocenters. The van der Waals surface area contributed by atoms with Crippen molar-refractivity contribution in [3.63, 3.8) is 0 Å². The van der Waals surface area contributed by atoms with E-state index in [1.807, 2.05) is 0 Å². The zero-order valence-corrected chi connectivity index (χ0v) is 12.4. The molecule has 0 aliphatic carbocycles. The SMILES string of the molecule is O=C1NC(=O)c2c1cc1ccc(Cl)cc1c2-c1ccc(F)cc1. The molecular weight excluding hydrogens is 317 g/mol. The van der Waals surface area contributed by atoms with Gasteiger partial charge in [-0.2, -0.15) is 0 Å². The Morgan fingerprint density at radius 3 is 2.35 bits per heavy atom. The van der Waals surface area contributed by atoms with Crippen LogP contribution in [-0.4, -0.2) is 11.8 Å². The Hall–Kier alpha value is -2.72. The first-order valence-corrected chi connectivity index (χ1v) is 7.30. The fraction of sp³-hybridized carbons (Fsp3) is 0. The van der Waals surface area contributed by atoms with Gasteiger partial charge >= 0.3 is 0 Å². The maximum atomic E-state index is 13.2. The zero-order chi connectivity index (χ0) is 16.1. The summed E-state index contributed by atoms with van der Waals surface area (Å²) in [5.74, 6) is -1.25. The van der Waals surface area contributed by atoms with Gasteiger partial charge in [0.2, 0.25) is 0 Å². The quantitative estimate of drug-likeness (QED) is 0.682. The molecule has 1 aliphatic rings. The topological polar surface area (TPSA) is 46.2 Å². The minimum Gasteiger partial charge on any atom is -0.288 e. The van der Waals surface area contributed by atoms with E-state index in [0.29, 0.717) is 27.3 Å². The maximum Gasteiger partial charge on any atom is 0.259 e. The van der Waals surface area contributed by atoms with E-state index in [9.17, 15) is 14.0 Å². The smallest absolute Gasteiger partial charge is 0.259 e. The minimum atomic E-state index is -0.453. The summed E-state index contributed by atoms with van der Waals surface area (Å²) in [5.41, 5.74) is 1.87. The summed E-state index contributed by atoms with van der Waals surface area (Å²) in [4.78, 5) is 24.2. The number of benzene rings is 3. The van der Waals surface area contributed by atoms with Crippen LogP contribution in [0.2, 0.25) is 5.02 Å². The van der Waals surface area contributed by atoms with E-state index in [2.05, 4.69) is 5.32 Å². The predicted molar refractivity (Wildman–Crippen MR) is 86.1 cm³/mol. The fourth-order valence-corrected chi connectivity index (χ4v) is 3.10. The van der Waals surface area contributed by atoms with E-state index < -0.39 is 11.8 Å². The number of amides is 2. The Labute approximate surface area is 135 Å². The van der Waals surface area contributed by atoms with Gasteiger partial charge in [-0.1, -0.05) is 29.8 Å². The summed E-state index contributed by atoms with van der Waals surface area (Å²) in [6.45, 7) is 0. The summed E-state index contributed by atoms with van der Waals surface area (Å²) in [7, 11) is 0. The number of nitrogens with one attached hydrogen (secondary N) is 1. The highest BCUT2D eigenvalue weighted by Gasteiger charge is 2.31. The van der Waals surface area contributed by atoms with Gasteiger partial charge in [0.1, 0.15) is 5.82 Å². The molecule has 0 saturated carbocycles. The lowest BCUT2D eigenvalue weighted by Gasteiger charge is -2.12. The van der Waals surface area contributed by atoms with E-state index in [0.717, 1.165) is 10.8 Å². The van der Waals surface area contributed by atoms with Crippen molar-refractivity contribution in [3.05, 3.63) is 70.5 Å². The van der Waals surface area contributed by atoms with Gasteiger partial charge in [0.05, 0.1) is 11.1 Å². The molecule has 0 spiro atoms. The number of carbonyl (C=O) groups excluding carboxylic acids is 2. The molecule has 112 valence electrons. The summed E-state index contributed by atoms with van der Waals surface area (Å²) in [6.07, 6.45) is 0. The highest BCUT2D eigenvalue weighted by Crippen LogP contribution is 2.37. The lowest BCUT2D eigenvalue weighted by Crippen LogP contribution is -2.20. The van der Waals surface area contributed by atoms with Crippen LogP contribution in [0.15, 0.2) is 48.5 Å². The third kappa shape index (κ3) is 2.11.